The minimum Gasteiger partial charge on any atom is -0.488 e. The quantitative estimate of drug-likeness (QED) is 0.236. The number of methoxy groups -OCH3 is 1. The predicted octanol–water partition coefficient (Wildman–Crippen LogP) is 5.85. The molecule has 0 aliphatic carbocycles. The van der Waals surface area contributed by atoms with Crippen molar-refractivity contribution in [2.75, 3.05) is 13.7 Å². The second kappa shape index (κ2) is 12.0. The molecule has 2 atom stereocenters. The van der Waals surface area contributed by atoms with E-state index in [-0.39, 0.29) is 41.2 Å². The summed E-state index contributed by atoms with van der Waals surface area (Å²) in [5.74, 6) is -1.71. The molecule has 0 saturated heterocycles. The van der Waals surface area contributed by atoms with Crippen molar-refractivity contribution in [1.29, 1.82) is 0 Å². The summed E-state index contributed by atoms with van der Waals surface area (Å²) in [6, 6.07) is 13.5. The van der Waals surface area contributed by atoms with Crippen molar-refractivity contribution in [2.45, 2.75) is 63.5 Å². The number of carbonyl (C=O) groups is 2. The predicted molar refractivity (Wildman–Crippen MR) is 147 cm³/mol. The molecule has 2 aromatic carbocycles. The van der Waals surface area contributed by atoms with Crippen molar-refractivity contribution in [3.8, 4) is 5.75 Å². The van der Waals surface area contributed by atoms with E-state index in [4.69, 9.17) is 9.47 Å². The SMILES string of the molecule is CCC[C@@H]1CN(Cc2cc(C(CC(=O)OC)c3cc(F)c(C(C)=O)s3)ccc2C)S(=O)(=O)c2ccccc2O1. The van der Waals surface area contributed by atoms with Gasteiger partial charge in [0, 0.05) is 24.3 Å². The molecule has 0 N–H and O–H groups in total. The van der Waals surface area contributed by atoms with Crippen LogP contribution in [0.25, 0.3) is 0 Å². The highest BCUT2D eigenvalue weighted by atomic mass is 32.2. The molecule has 39 heavy (non-hydrogen) atoms. The smallest absolute Gasteiger partial charge is 0.306 e. The molecule has 2 heterocycles. The zero-order chi connectivity index (χ0) is 28.3. The third-order valence-corrected chi connectivity index (χ3v) is 10.0. The topological polar surface area (TPSA) is 90.0 Å². The molecule has 0 radical (unpaired) electrons. The number of Topliss-reactive ketones (excluding diaryl/α,β-unsaturated/α-hetero) is 1. The van der Waals surface area contributed by atoms with Crippen molar-refractivity contribution in [2.24, 2.45) is 0 Å². The zero-order valence-corrected chi connectivity index (χ0v) is 24.0. The van der Waals surface area contributed by atoms with Crippen LogP contribution in [-0.4, -0.2) is 44.2 Å². The Hall–Kier alpha value is -3.08. The van der Waals surface area contributed by atoms with E-state index in [0.717, 1.165) is 28.9 Å². The van der Waals surface area contributed by atoms with E-state index in [0.29, 0.717) is 22.6 Å². The van der Waals surface area contributed by atoms with Gasteiger partial charge in [-0.2, -0.15) is 4.31 Å². The Bertz CT molecular complexity index is 1480. The second-order valence-corrected chi connectivity index (χ2v) is 12.7. The number of carbonyl (C=O) groups excluding carboxylic acids is 2. The maximum atomic E-state index is 14.5. The third-order valence-electron chi connectivity index (χ3n) is 6.87. The number of ketones is 1. The van der Waals surface area contributed by atoms with Crippen LogP contribution in [-0.2, 0) is 26.1 Å². The van der Waals surface area contributed by atoms with Gasteiger partial charge < -0.3 is 9.47 Å². The molecule has 10 heteroatoms. The lowest BCUT2D eigenvalue weighted by Gasteiger charge is -2.24. The van der Waals surface area contributed by atoms with Crippen LogP contribution >= 0.6 is 11.3 Å². The Labute approximate surface area is 232 Å². The van der Waals surface area contributed by atoms with Crippen molar-refractivity contribution in [1.82, 2.24) is 4.31 Å². The first-order valence-corrected chi connectivity index (χ1v) is 15.0. The van der Waals surface area contributed by atoms with Crippen LogP contribution in [0.5, 0.6) is 5.75 Å². The van der Waals surface area contributed by atoms with Gasteiger partial charge >= 0.3 is 5.97 Å². The number of ether oxygens (including phenoxy) is 2. The highest BCUT2D eigenvalue weighted by Crippen LogP contribution is 2.37. The molecule has 0 saturated carbocycles. The van der Waals surface area contributed by atoms with Crippen molar-refractivity contribution in [3.05, 3.63) is 80.8 Å². The number of nitrogens with zero attached hydrogens (tertiary/aromatic N) is 1. The number of thiophene rings is 1. The molecule has 1 aliphatic heterocycles. The van der Waals surface area contributed by atoms with Gasteiger partial charge in [-0.1, -0.05) is 43.7 Å². The van der Waals surface area contributed by atoms with E-state index in [1.807, 2.05) is 32.0 Å². The van der Waals surface area contributed by atoms with Gasteiger partial charge in [-0.15, -0.1) is 11.3 Å². The van der Waals surface area contributed by atoms with Gasteiger partial charge in [0.25, 0.3) is 0 Å². The van der Waals surface area contributed by atoms with Crippen LogP contribution in [0, 0.1) is 12.7 Å². The average molecular weight is 574 g/mol. The average Bonchev–Trinajstić information content (AvgIpc) is 3.25. The van der Waals surface area contributed by atoms with E-state index in [1.54, 1.807) is 24.3 Å². The molecule has 0 amide bonds. The van der Waals surface area contributed by atoms with E-state index in [9.17, 15) is 22.4 Å². The zero-order valence-electron chi connectivity index (χ0n) is 22.4. The van der Waals surface area contributed by atoms with Crippen LogP contribution in [0.3, 0.4) is 0 Å². The number of hydrogen-bond acceptors (Lipinski definition) is 7. The number of hydrogen-bond donors (Lipinski definition) is 0. The number of rotatable bonds is 9. The lowest BCUT2D eigenvalue weighted by atomic mass is 9.91. The molecule has 3 aromatic rings. The van der Waals surface area contributed by atoms with Crippen LogP contribution in [0.2, 0.25) is 0 Å². The van der Waals surface area contributed by atoms with Gasteiger partial charge in [-0.3, -0.25) is 9.59 Å². The first-order valence-electron chi connectivity index (χ1n) is 12.8. The number of benzene rings is 2. The number of fused-ring (bicyclic) bond motifs is 1. The Morgan fingerprint density at radius 2 is 1.95 bits per heavy atom. The summed E-state index contributed by atoms with van der Waals surface area (Å²) in [6.07, 6.45) is 1.17. The molecular weight excluding hydrogens is 541 g/mol. The highest BCUT2D eigenvalue weighted by molar-refractivity contribution is 7.89. The first kappa shape index (κ1) is 28.9. The van der Waals surface area contributed by atoms with E-state index < -0.39 is 27.7 Å². The summed E-state index contributed by atoms with van der Waals surface area (Å²) in [5.41, 5.74) is 2.33. The first-order chi connectivity index (χ1) is 18.5. The second-order valence-electron chi connectivity index (χ2n) is 9.67. The van der Waals surface area contributed by atoms with Gasteiger partial charge in [0.2, 0.25) is 10.0 Å². The highest BCUT2D eigenvalue weighted by Gasteiger charge is 2.35. The summed E-state index contributed by atoms with van der Waals surface area (Å²) in [5, 5.41) is 0. The lowest BCUT2D eigenvalue weighted by molar-refractivity contribution is -0.140. The lowest BCUT2D eigenvalue weighted by Crippen LogP contribution is -2.36. The number of para-hydroxylation sites is 1. The molecule has 208 valence electrons. The van der Waals surface area contributed by atoms with E-state index in [2.05, 4.69) is 0 Å². The minimum absolute atomic E-state index is 0.00323. The van der Waals surface area contributed by atoms with E-state index in [1.165, 1.54) is 24.4 Å². The normalized spacial score (nSPS) is 17.5. The molecule has 7 nitrogen and oxygen atoms in total. The standard InChI is InChI=1S/C29H32FNO6S2/c1-5-8-22-17-31(39(34,35)27-10-7-6-9-25(27)37-22)16-21-13-20(12-11-18(21)2)23(14-28(33)36-4)26-15-24(30)29(38-26)19(3)32/h6-7,9-13,15,22-23H,5,8,14,16-17H2,1-4H3/t22-,23?/m1/s1. The molecule has 4 rings (SSSR count). The molecular formula is C29H32FNO6S2. The van der Waals surface area contributed by atoms with Gasteiger partial charge in [-0.25, -0.2) is 12.8 Å². The Morgan fingerprint density at radius 3 is 2.62 bits per heavy atom. The maximum absolute atomic E-state index is 14.5. The van der Waals surface area contributed by atoms with Gasteiger partial charge in [0.15, 0.2) is 5.78 Å². The third kappa shape index (κ3) is 6.23. The Morgan fingerprint density at radius 1 is 1.21 bits per heavy atom. The van der Waals surface area contributed by atoms with Crippen LogP contribution in [0.1, 0.15) is 70.3 Å². The summed E-state index contributed by atoms with van der Waals surface area (Å²) in [4.78, 5) is 24.9. The molecule has 1 aliphatic rings. The number of aryl methyl sites for hydroxylation is 1. The summed E-state index contributed by atoms with van der Waals surface area (Å²) >= 11 is 1.01. The van der Waals surface area contributed by atoms with Gasteiger partial charge in [0.05, 0.1) is 20.1 Å². The number of sulfonamides is 1. The molecule has 0 fully saturated rings. The van der Waals surface area contributed by atoms with Gasteiger partial charge in [0.1, 0.15) is 27.4 Å². The Kier molecular flexibility index (Phi) is 8.88. The molecule has 1 aromatic heterocycles. The molecule has 0 bridgehead atoms. The van der Waals surface area contributed by atoms with Crippen molar-refractivity contribution >= 4 is 33.1 Å². The number of halogens is 1. The van der Waals surface area contributed by atoms with E-state index >= 15 is 0 Å². The van der Waals surface area contributed by atoms with Crippen molar-refractivity contribution in [3.63, 3.8) is 0 Å². The summed E-state index contributed by atoms with van der Waals surface area (Å²) in [6.45, 7) is 5.51. The largest absolute Gasteiger partial charge is 0.488 e. The van der Waals surface area contributed by atoms with Gasteiger partial charge in [-0.05, 0) is 48.2 Å². The van der Waals surface area contributed by atoms with Crippen molar-refractivity contribution < 1.29 is 31.9 Å². The van der Waals surface area contributed by atoms with Crippen LogP contribution in [0.4, 0.5) is 4.39 Å². The summed E-state index contributed by atoms with van der Waals surface area (Å²) < 4.78 is 54.4. The number of esters is 1. The minimum atomic E-state index is -3.86. The fraction of sp³-hybridized carbons (Fsp3) is 0.379. The fourth-order valence-electron chi connectivity index (χ4n) is 4.76. The Balaban J connectivity index is 1.74. The fourth-order valence-corrected chi connectivity index (χ4v) is 7.39. The maximum Gasteiger partial charge on any atom is 0.306 e. The molecule has 0 spiro atoms. The summed E-state index contributed by atoms with van der Waals surface area (Å²) in [7, 11) is -2.57. The monoisotopic (exact) mass is 573 g/mol. The van der Waals surface area contributed by atoms with Crippen LogP contribution < -0.4 is 4.74 Å². The van der Waals surface area contributed by atoms with Crippen LogP contribution in [0.15, 0.2) is 53.4 Å². The molecule has 1 unspecified atom stereocenters.